The van der Waals surface area contributed by atoms with E-state index in [0.717, 1.165) is 11.1 Å². The highest BCUT2D eigenvalue weighted by molar-refractivity contribution is 6.07. The van der Waals surface area contributed by atoms with Crippen LogP contribution in [-0.4, -0.2) is 37.4 Å². The number of carbonyl (C=O) groups is 3. The second-order valence-electron chi connectivity index (χ2n) is 10.3. The van der Waals surface area contributed by atoms with Crippen LogP contribution in [0.1, 0.15) is 47.8 Å². The number of nitrogens with zero attached hydrogens (tertiary/aromatic N) is 1. The van der Waals surface area contributed by atoms with Crippen LogP contribution < -0.4 is 26.0 Å². The number of rotatable bonds is 8. The van der Waals surface area contributed by atoms with Gasteiger partial charge in [0, 0.05) is 12.1 Å². The summed E-state index contributed by atoms with van der Waals surface area (Å²) in [6.07, 6.45) is 0.0566. The second-order valence-corrected chi connectivity index (χ2v) is 10.3. The Morgan fingerprint density at radius 1 is 1.08 bits per heavy atom. The quantitative estimate of drug-likeness (QED) is 0.417. The third-order valence-corrected chi connectivity index (χ3v) is 6.60. The third kappa shape index (κ3) is 6.39. The number of hydrogen-bond donors (Lipinski definition) is 3. The van der Waals surface area contributed by atoms with Gasteiger partial charge in [0.05, 0.1) is 23.8 Å². The lowest BCUT2D eigenvalue weighted by Gasteiger charge is -2.31. The fourth-order valence-corrected chi connectivity index (χ4v) is 4.21. The summed E-state index contributed by atoms with van der Waals surface area (Å²) in [4.78, 5) is 41.2. The van der Waals surface area contributed by atoms with E-state index in [1.807, 2.05) is 63.2 Å². The van der Waals surface area contributed by atoms with Gasteiger partial charge in [0.1, 0.15) is 5.75 Å². The first kappa shape index (κ1) is 26.9. The summed E-state index contributed by atoms with van der Waals surface area (Å²) < 4.78 is 5.77. The smallest absolute Gasteiger partial charge is 0.265 e. The number of anilines is 2. The predicted octanol–water partition coefficient (Wildman–Crippen LogP) is 4.21. The van der Waals surface area contributed by atoms with Crippen molar-refractivity contribution in [2.45, 2.75) is 33.2 Å². The standard InChI is InChI=1S/C30H34N4O4/c1-20-9-11-21(12-10-20)26-16-27(35)33-24-15-22(29(37)32-19-30(2,3)18-31)13-14-25(24)34(26)28(36)17-38-23-7-5-4-6-8-23/h4-15,26H,16-19,31H2,1-3H3,(H,32,37)(H,33,35). The minimum Gasteiger partial charge on any atom is -0.484 e. The van der Waals surface area contributed by atoms with Crippen LogP contribution in [0.5, 0.6) is 5.75 Å². The van der Waals surface area contributed by atoms with Crippen LogP contribution in [0.25, 0.3) is 0 Å². The average molecular weight is 515 g/mol. The van der Waals surface area contributed by atoms with Crippen LogP contribution in [0.15, 0.2) is 72.8 Å². The average Bonchev–Trinajstić information content (AvgIpc) is 3.06. The molecule has 3 aromatic rings. The van der Waals surface area contributed by atoms with Gasteiger partial charge in [-0.05, 0) is 54.8 Å². The van der Waals surface area contributed by atoms with Crippen LogP contribution in [0.3, 0.4) is 0 Å². The number of nitrogens with two attached hydrogens (primary N) is 1. The van der Waals surface area contributed by atoms with Crippen molar-refractivity contribution in [2.24, 2.45) is 11.1 Å². The number of benzene rings is 3. The van der Waals surface area contributed by atoms with Gasteiger partial charge in [-0.3, -0.25) is 19.3 Å². The summed E-state index contributed by atoms with van der Waals surface area (Å²) in [5.74, 6) is -0.269. The molecule has 38 heavy (non-hydrogen) atoms. The van der Waals surface area contributed by atoms with Gasteiger partial charge in [0.15, 0.2) is 6.61 Å². The van der Waals surface area contributed by atoms with Gasteiger partial charge in [-0.15, -0.1) is 0 Å². The van der Waals surface area contributed by atoms with Gasteiger partial charge in [0.25, 0.3) is 11.8 Å². The minimum atomic E-state index is -0.547. The van der Waals surface area contributed by atoms with Crippen molar-refractivity contribution in [2.75, 3.05) is 29.9 Å². The lowest BCUT2D eigenvalue weighted by molar-refractivity contribution is -0.121. The monoisotopic (exact) mass is 514 g/mol. The largest absolute Gasteiger partial charge is 0.484 e. The van der Waals surface area contributed by atoms with Crippen molar-refractivity contribution in [1.29, 1.82) is 0 Å². The highest BCUT2D eigenvalue weighted by Crippen LogP contribution is 2.39. The van der Waals surface area contributed by atoms with E-state index in [4.69, 9.17) is 10.5 Å². The Bertz CT molecular complexity index is 1310. The Morgan fingerprint density at radius 3 is 2.47 bits per heavy atom. The Balaban J connectivity index is 1.68. The summed E-state index contributed by atoms with van der Waals surface area (Å²) >= 11 is 0. The van der Waals surface area contributed by atoms with Gasteiger partial charge in [-0.1, -0.05) is 61.9 Å². The Labute approximate surface area is 223 Å². The zero-order valence-electron chi connectivity index (χ0n) is 22.0. The second kappa shape index (κ2) is 11.5. The van der Waals surface area contributed by atoms with Crippen molar-refractivity contribution in [3.63, 3.8) is 0 Å². The molecule has 0 fully saturated rings. The van der Waals surface area contributed by atoms with E-state index in [0.29, 0.717) is 35.8 Å². The van der Waals surface area contributed by atoms with Gasteiger partial charge in [-0.2, -0.15) is 0 Å². The van der Waals surface area contributed by atoms with E-state index in [2.05, 4.69) is 10.6 Å². The molecule has 8 heteroatoms. The SMILES string of the molecule is Cc1ccc(C2CC(=O)Nc3cc(C(=O)NCC(C)(C)CN)ccc3N2C(=O)COc2ccccc2)cc1. The van der Waals surface area contributed by atoms with Gasteiger partial charge in [0.2, 0.25) is 5.91 Å². The first-order valence-electron chi connectivity index (χ1n) is 12.7. The Hall–Kier alpha value is -4.17. The van der Waals surface area contributed by atoms with Crippen molar-refractivity contribution in [1.82, 2.24) is 5.32 Å². The molecule has 1 atom stereocenters. The zero-order valence-corrected chi connectivity index (χ0v) is 22.0. The zero-order chi connectivity index (χ0) is 27.3. The molecule has 0 bridgehead atoms. The number of fused-ring (bicyclic) bond motifs is 1. The summed E-state index contributed by atoms with van der Waals surface area (Å²) in [6, 6.07) is 21.3. The molecule has 0 radical (unpaired) electrons. The molecule has 198 valence electrons. The van der Waals surface area contributed by atoms with Gasteiger partial charge in [-0.25, -0.2) is 0 Å². The van der Waals surface area contributed by atoms with Crippen molar-refractivity contribution >= 4 is 29.1 Å². The number of ether oxygens (including phenoxy) is 1. The lowest BCUT2D eigenvalue weighted by Crippen LogP contribution is -2.39. The van der Waals surface area contributed by atoms with Crippen molar-refractivity contribution < 1.29 is 19.1 Å². The molecule has 3 amide bonds. The highest BCUT2D eigenvalue weighted by Gasteiger charge is 2.34. The molecule has 8 nitrogen and oxygen atoms in total. The Kier molecular flexibility index (Phi) is 8.12. The fourth-order valence-electron chi connectivity index (χ4n) is 4.21. The van der Waals surface area contributed by atoms with Crippen LogP contribution in [0.2, 0.25) is 0 Å². The van der Waals surface area contributed by atoms with Crippen LogP contribution >= 0.6 is 0 Å². The molecule has 0 aromatic heterocycles. The highest BCUT2D eigenvalue weighted by atomic mass is 16.5. The molecule has 1 aliphatic rings. The maximum absolute atomic E-state index is 13.7. The van der Waals surface area contributed by atoms with E-state index in [1.54, 1.807) is 35.2 Å². The van der Waals surface area contributed by atoms with Crippen LogP contribution in [-0.2, 0) is 9.59 Å². The van der Waals surface area contributed by atoms with Crippen LogP contribution in [0.4, 0.5) is 11.4 Å². The summed E-state index contributed by atoms with van der Waals surface area (Å²) in [5.41, 5.74) is 8.71. The normalized spacial score (nSPS) is 15.2. The van der Waals surface area contributed by atoms with Crippen LogP contribution in [0, 0.1) is 12.3 Å². The molecule has 4 N–H and O–H groups in total. The van der Waals surface area contributed by atoms with E-state index < -0.39 is 6.04 Å². The maximum atomic E-state index is 13.7. The number of aryl methyl sites for hydroxylation is 1. The summed E-state index contributed by atoms with van der Waals surface area (Å²) in [7, 11) is 0. The minimum absolute atomic E-state index is 0.0566. The first-order valence-corrected chi connectivity index (χ1v) is 12.7. The van der Waals surface area contributed by atoms with Gasteiger partial charge >= 0.3 is 0 Å². The van der Waals surface area contributed by atoms with Crippen molar-refractivity contribution in [3.05, 3.63) is 89.5 Å². The fraction of sp³-hybridized carbons (Fsp3) is 0.300. The molecular weight excluding hydrogens is 480 g/mol. The lowest BCUT2D eigenvalue weighted by atomic mass is 9.94. The van der Waals surface area contributed by atoms with Crippen molar-refractivity contribution in [3.8, 4) is 5.75 Å². The molecule has 0 aliphatic carbocycles. The summed E-state index contributed by atoms with van der Waals surface area (Å²) in [5, 5.41) is 5.80. The van der Waals surface area contributed by atoms with E-state index in [1.165, 1.54) is 0 Å². The molecule has 0 spiro atoms. The topological polar surface area (TPSA) is 114 Å². The molecule has 3 aromatic carbocycles. The van der Waals surface area contributed by atoms with E-state index in [9.17, 15) is 14.4 Å². The number of hydrogen-bond acceptors (Lipinski definition) is 5. The molecular formula is C30H34N4O4. The van der Waals surface area contributed by atoms with E-state index in [-0.39, 0.29) is 36.2 Å². The number of para-hydroxylation sites is 1. The molecule has 1 heterocycles. The summed E-state index contributed by atoms with van der Waals surface area (Å²) in [6.45, 7) is 6.54. The number of nitrogens with one attached hydrogen (secondary N) is 2. The molecule has 4 rings (SSSR count). The number of carbonyl (C=O) groups excluding carboxylic acids is 3. The molecule has 0 saturated heterocycles. The number of amides is 3. The maximum Gasteiger partial charge on any atom is 0.265 e. The third-order valence-electron chi connectivity index (χ3n) is 6.60. The van der Waals surface area contributed by atoms with E-state index >= 15 is 0 Å². The van der Waals surface area contributed by atoms with Gasteiger partial charge < -0.3 is 21.1 Å². The Morgan fingerprint density at radius 2 is 1.79 bits per heavy atom. The molecule has 1 unspecified atom stereocenters. The first-order chi connectivity index (χ1) is 18.2. The molecule has 0 saturated carbocycles. The predicted molar refractivity (Wildman–Crippen MR) is 148 cm³/mol. The molecule has 1 aliphatic heterocycles.